The first-order valence-electron chi connectivity index (χ1n) is 4.71. The van der Waals surface area contributed by atoms with Crippen LogP contribution < -0.4 is 0 Å². The number of rotatable bonds is 1. The number of aromatic nitrogens is 4. The van der Waals surface area contributed by atoms with Crippen molar-refractivity contribution in [1.29, 1.82) is 0 Å². The molecule has 0 unspecified atom stereocenters. The lowest BCUT2D eigenvalue weighted by molar-refractivity contribution is 0.399. The van der Waals surface area contributed by atoms with E-state index >= 15 is 0 Å². The maximum atomic E-state index is 4.22. The van der Waals surface area contributed by atoms with Crippen molar-refractivity contribution in [3.8, 4) is 0 Å². The second-order valence-corrected chi connectivity index (χ2v) is 4.35. The topological polar surface area (TPSA) is 43.1 Å². The summed E-state index contributed by atoms with van der Waals surface area (Å²) in [5.41, 5.74) is 0.814. The average Bonchev–Trinajstić information content (AvgIpc) is 2.48. The monoisotopic (exact) mass is 252 g/mol. The van der Waals surface area contributed by atoms with Crippen LogP contribution >= 0.6 is 15.9 Å². The van der Waals surface area contributed by atoms with Gasteiger partial charge in [-0.05, 0) is 28.8 Å². The van der Waals surface area contributed by atoms with E-state index in [1.807, 2.05) is 10.6 Å². The number of hydrogen-bond donors (Lipinski definition) is 0. The molecule has 0 radical (unpaired) electrons. The summed E-state index contributed by atoms with van der Waals surface area (Å²) in [6, 6.07) is 0. The molecule has 2 aromatic rings. The normalized spacial score (nSPS) is 17.2. The van der Waals surface area contributed by atoms with E-state index in [1.54, 1.807) is 6.20 Å². The zero-order valence-corrected chi connectivity index (χ0v) is 9.11. The van der Waals surface area contributed by atoms with E-state index in [9.17, 15) is 0 Å². The van der Waals surface area contributed by atoms with Crippen LogP contribution in [-0.4, -0.2) is 19.6 Å². The lowest BCUT2D eigenvalue weighted by Crippen LogP contribution is -2.12. The van der Waals surface area contributed by atoms with Crippen molar-refractivity contribution < 1.29 is 0 Å². The summed E-state index contributed by atoms with van der Waals surface area (Å²) in [6.07, 6.45) is 7.48. The second kappa shape index (κ2) is 3.02. The summed E-state index contributed by atoms with van der Waals surface area (Å²) in [5.74, 6) is 1.67. The van der Waals surface area contributed by atoms with Gasteiger partial charge in [0.25, 0.3) is 0 Å². The Kier molecular flexibility index (Phi) is 1.80. The van der Waals surface area contributed by atoms with Crippen molar-refractivity contribution in [2.75, 3.05) is 0 Å². The third kappa shape index (κ3) is 1.08. The number of halogens is 1. The highest BCUT2D eigenvalue weighted by molar-refractivity contribution is 9.10. The van der Waals surface area contributed by atoms with Gasteiger partial charge in [0.2, 0.25) is 0 Å². The van der Waals surface area contributed by atoms with Gasteiger partial charge >= 0.3 is 0 Å². The average molecular weight is 253 g/mol. The van der Waals surface area contributed by atoms with Crippen LogP contribution in [0.25, 0.3) is 5.65 Å². The Labute approximate surface area is 89.5 Å². The Morgan fingerprint density at radius 1 is 1.36 bits per heavy atom. The molecule has 0 aromatic carbocycles. The van der Waals surface area contributed by atoms with Gasteiger partial charge in [0.15, 0.2) is 10.3 Å². The molecule has 0 aliphatic heterocycles. The highest BCUT2D eigenvalue weighted by atomic mass is 79.9. The summed E-state index contributed by atoms with van der Waals surface area (Å²) in [4.78, 5) is 4.12. The summed E-state index contributed by atoms with van der Waals surface area (Å²) < 4.78 is 2.79. The van der Waals surface area contributed by atoms with Crippen LogP contribution in [0, 0.1) is 0 Å². The summed E-state index contributed by atoms with van der Waals surface area (Å²) in [6.45, 7) is 0. The molecule has 0 spiro atoms. The highest BCUT2D eigenvalue weighted by Crippen LogP contribution is 2.35. The Balaban J connectivity index is 2.20. The van der Waals surface area contributed by atoms with Crippen LogP contribution in [0.2, 0.25) is 0 Å². The molecule has 1 aliphatic carbocycles. The van der Waals surface area contributed by atoms with Crippen LogP contribution in [0.1, 0.15) is 31.0 Å². The minimum Gasteiger partial charge on any atom is -0.282 e. The van der Waals surface area contributed by atoms with Gasteiger partial charge in [-0.15, -0.1) is 10.2 Å². The van der Waals surface area contributed by atoms with Gasteiger partial charge in [-0.3, -0.25) is 4.40 Å². The van der Waals surface area contributed by atoms with Gasteiger partial charge in [0.1, 0.15) is 5.82 Å². The third-order valence-electron chi connectivity index (χ3n) is 2.78. The minimum absolute atomic E-state index is 0.597. The predicted molar refractivity (Wildman–Crippen MR) is 55.1 cm³/mol. The Morgan fingerprint density at radius 3 is 2.93 bits per heavy atom. The lowest BCUT2D eigenvalue weighted by Gasteiger charge is -2.23. The van der Waals surface area contributed by atoms with Crippen LogP contribution in [0.4, 0.5) is 0 Å². The molecule has 0 bridgehead atoms. The van der Waals surface area contributed by atoms with Gasteiger partial charge in [-0.25, -0.2) is 4.98 Å². The fourth-order valence-corrected chi connectivity index (χ4v) is 2.15. The maximum absolute atomic E-state index is 4.22. The molecule has 4 nitrogen and oxygen atoms in total. The SMILES string of the molecule is Brc1nccn2c(C3CCC3)nnc12. The Morgan fingerprint density at radius 2 is 2.21 bits per heavy atom. The summed E-state index contributed by atoms with van der Waals surface area (Å²) in [7, 11) is 0. The molecule has 0 N–H and O–H groups in total. The fourth-order valence-electron chi connectivity index (χ4n) is 1.76. The second-order valence-electron chi connectivity index (χ2n) is 3.60. The van der Waals surface area contributed by atoms with Gasteiger partial charge in [-0.1, -0.05) is 6.42 Å². The third-order valence-corrected chi connectivity index (χ3v) is 3.34. The molecule has 72 valence electrons. The van der Waals surface area contributed by atoms with Gasteiger partial charge in [-0.2, -0.15) is 0 Å². The lowest BCUT2D eigenvalue weighted by atomic mass is 9.85. The Hall–Kier alpha value is -0.970. The molecule has 1 saturated carbocycles. The van der Waals surface area contributed by atoms with E-state index in [0.29, 0.717) is 5.92 Å². The van der Waals surface area contributed by atoms with Crippen LogP contribution in [-0.2, 0) is 0 Å². The van der Waals surface area contributed by atoms with Crippen LogP contribution in [0.5, 0.6) is 0 Å². The van der Waals surface area contributed by atoms with Crippen molar-refractivity contribution in [3.63, 3.8) is 0 Å². The van der Waals surface area contributed by atoms with E-state index in [4.69, 9.17) is 0 Å². The molecule has 2 aromatic heterocycles. The predicted octanol–water partition coefficient (Wildman–Crippen LogP) is 2.15. The van der Waals surface area contributed by atoms with Crippen molar-refractivity contribution in [2.24, 2.45) is 0 Å². The van der Waals surface area contributed by atoms with Gasteiger partial charge < -0.3 is 0 Å². The Bertz CT molecular complexity index is 475. The summed E-state index contributed by atoms with van der Waals surface area (Å²) >= 11 is 3.36. The molecule has 2 heterocycles. The van der Waals surface area contributed by atoms with E-state index < -0.39 is 0 Å². The van der Waals surface area contributed by atoms with E-state index in [1.165, 1.54) is 19.3 Å². The smallest absolute Gasteiger partial charge is 0.193 e. The maximum Gasteiger partial charge on any atom is 0.193 e. The molecule has 1 aliphatic rings. The van der Waals surface area contributed by atoms with E-state index in [0.717, 1.165) is 16.1 Å². The molecule has 0 saturated heterocycles. The van der Waals surface area contributed by atoms with Gasteiger partial charge in [0.05, 0.1) is 0 Å². The quantitative estimate of drug-likeness (QED) is 0.782. The number of hydrogen-bond acceptors (Lipinski definition) is 3. The van der Waals surface area contributed by atoms with Crippen molar-refractivity contribution in [1.82, 2.24) is 19.6 Å². The molecule has 5 heteroatoms. The molecule has 3 rings (SSSR count). The van der Waals surface area contributed by atoms with E-state index in [2.05, 4.69) is 31.1 Å². The number of fused-ring (bicyclic) bond motifs is 1. The number of nitrogens with zero attached hydrogens (tertiary/aromatic N) is 4. The largest absolute Gasteiger partial charge is 0.282 e. The highest BCUT2D eigenvalue weighted by Gasteiger charge is 2.24. The zero-order valence-electron chi connectivity index (χ0n) is 7.52. The van der Waals surface area contributed by atoms with Gasteiger partial charge in [0, 0.05) is 18.3 Å². The zero-order chi connectivity index (χ0) is 9.54. The van der Waals surface area contributed by atoms with Crippen molar-refractivity contribution in [3.05, 3.63) is 22.8 Å². The van der Waals surface area contributed by atoms with E-state index in [-0.39, 0.29) is 0 Å². The first kappa shape index (κ1) is 8.35. The van der Waals surface area contributed by atoms with Crippen LogP contribution in [0.15, 0.2) is 17.0 Å². The molecule has 0 atom stereocenters. The summed E-state index contributed by atoms with van der Waals surface area (Å²) in [5, 5.41) is 8.35. The molecular weight excluding hydrogens is 244 g/mol. The molecule has 14 heavy (non-hydrogen) atoms. The first-order chi connectivity index (χ1) is 6.86. The van der Waals surface area contributed by atoms with Crippen molar-refractivity contribution in [2.45, 2.75) is 25.2 Å². The first-order valence-corrected chi connectivity index (χ1v) is 5.50. The minimum atomic E-state index is 0.597. The fraction of sp³-hybridized carbons (Fsp3) is 0.444. The molecule has 1 fully saturated rings. The molecular formula is C9H9BrN4. The van der Waals surface area contributed by atoms with Crippen molar-refractivity contribution >= 4 is 21.6 Å². The standard InChI is InChI=1S/C9H9BrN4/c10-7-9-13-12-8(6-2-1-3-6)14(9)5-4-11-7/h4-6H,1-3H2. The van der Waals surface area contributed by atoms with Crippen LogP contribution in [0.3, 0.4) is 0 Å². The molecule has 0 amide bonds.